The lowest BCUT2D eigenvalue weighted by Gasteiger charge is -2.32. The molecule has 3 rings (SSSR count). The molecule has 0 saturated heterocycles. The second-order valence-electron chi connectivity index (χ2n) is 5.32. The molecule has 1 atom stereocenters. The van der Waals surface area contributed by atoms with Gasteiger partial charge in [-0.1, -0.05) is 18.2 Å². The third-order valence-electron chi connectivity index (χ3n) is 3.68. The SMILES string of the molecule is C[C@@H]1Oc2ccccc2N(CCC(=O)NCc2cccs2)C1=O. The number of rotatable bonds is 5. The molecule has 6 heteroatoms. The lowest BCUT2D eigenvalue weighted by atomic mass is 10.1. The summed E-state index contributed by atoms with van der Waals surface area (Å²) in [6.07, 6.45) is -0.267. The van der Waals surface area contributed by atoms with Gasteiger partial charge in [-0.2, -0.15) is 0 Å². The zero-order valence-electron chi connectivity index (χ0n) is 12.8. The Kier molecular flexibility index (Phi) is 4.62. The van der Waals surface area contributed by atoms with Gasteiger partial charge in [0.15, 0.2) is 6.10 Å². The first-order valence-corrected chi connectivity index (χ1v) is 8.39. The number of nitrogens with zero attached hydrogens (tertiary/aromatic N) is 1. The van der Waals surface area contributed by atoms with E-state index in [1.807, 2.05) is 41.8 Å². The summed E-state index contributed by atoms with van der Waals surface area (Å²) in [6, 6.07) is 11.3. The molecule has 1 N–H and O–H groups in total. The highest BCUT2D eigenvalue weighted by molar-refractivity contribution is 7.09. The van der Waals surface area contributed by atoms with Crippen LogP contribution in [0, 0.1) is 0 Å². The molecule has 2 amide bonds. The lowest BCUT2D eigenvalue weighted by Crippen LogP contribution is -2.45. The van der Waals surface area contributed by atoms with E-state index in [-0.39, 0.29) is 18.2 Å². The molecule has 0 saturated carbocycles. The highest BCUT2D eigenvalue weighted by Gasteiger charge is 2.31. The van der Waals surface area contributed by atoms with Gasteiger partial charge in [-0.25, -0.2) is 0 Å². The Morgan fingerprint density at radius 1 is 1.30 bits per heavy atom. The van der Waals surface area contributed by atoms with Gasteiger partial charge in [0.1, 0.15) is 5.75 Å². The number of hydrogen-bond donors (Lipinski definition) is 1. The van der Waals surface area contributed by atoms with E-state index in [9.17, 15) is 9.59 Å². The van der Waals surface area contributed by atoms with Crippen LogP contribution in [0.1, 0.15) is 18.2 Å². The number of para-hydroxylation sites is 2. The van der Waals surface area contributed by atoms with Gasteiger partial charge >= 0.3 is 0 Å². The minimum absolute atomic E-state index is 0.0668. The zero-order valence-corrected chi connectivity index (χ0v) is 13.6. The normalized spacial score (nSPS) is 16.7. The first-order valence-electron chi connectivity index (χ1n) is 7.51. The summed E-state index contributed by atoms with van der Waals surface area (Å²) in [6.45, 7) is 2.60. The number of ether oxygens (including phenoxy) is 1. The first-order chi connectivity index (χ1) is 11.1. The Morgan fingerprint density at radius 2 is 2.13 bits per heavy atom. The molecule has 0 aliphatic carbocycles. The molecule has 0 radical (unpaired) electrons. The van der Waals surface area contributed by atoms with Crippen LogP contribution >= 0.6 is 11.3 Å². The van der Waals surface area contributed by atoms with Crippen molar-refractivity contribution < 1.29 is 14.3 Å². The summed E-state index contributed by atoms with van der Waals surface area (Å²) < 4.78 is 5.59. The van der Waals surface area contributed by atoms with Crippen molar-refractivity contribution in [2.45, 2.75) is 26.0 Å². The Bertz CT molecular complexity index is 700. The minimum atomic E-state index is -0.529. The fourth-order valence-corrected chi connectivity index (χ4v) is 3.13. The molecular weight excluding hydrogens is 312 g/mol. The number of fused-ring (bicyclic) bond motifs is 1. The summed E-state index contributed by atoms with van der Waals surface area (Å²) in [5.74, 6) is 0.496. The third-order valence-corrected chi connectivity index (χ3v) is 4.55. The molecule has 1 aliphatic rings. The van der Waals surface area contributed by atoms with Gasteiger partial charge in [0.2, 0.25) is 5.91 Å². The van der Waals surface area contributed by atoms with Crippen molar-refractivity contribution in [3.05, 3.63) is 46.7 Å². The number of carbonyl (C=O) groups excluding carboxylic acids is 2. The van der Waals surface area contributed by atoms with Crippen LogP contribution < -0.4 is 15.0 Å². The van der Waals surface area contributed by atoms with Crippen LogP contribution in [0.5, 0.6) is 5.75 Å². The zero-order chi connectivity index (χ0) is 16.2. The summed E-state index contributed by atoms with van der Waals surface area (Å²) in [5, 5.41) is 4.86. The first kappa shape index (κ1) is 15.6. The summed E-state index contributed by atoms with van der Waals surface area (Å²) in [5.41, 5.74) is 0.724. The summed E-state index contributed by atoms with van der Waals surface area (Å²) in [4.78, 5) is 27.1. The summed E-state index contributed by atoms with van der Waals surface area (Å²) >= 11 is 1.61. The van der Waals surface area contributed by atoms with E-state index in [4.69, 9.17) is 4.74 Å². The van der Waals surface area contributed by atoms with Crippen LogP contribution in [-0.4, -0.2) is 24.5 Å². The van der Waals surface area contributed by atoms with Crippen molar-refractivity contribution in [3.63, 3.8) is 0 Å². The number of thiophene rings is 1. The van der Waals surface area contributed by atoms with Gasteiger partial charge in [-0.3, -0.25) is 9.59 Å². The van der Waals surface area contributed by atoms with Gasteiger partial charge in [0, 0.05) is 17.8 Å². The highest BCUT2D eigenvalue weighted by atomic mass is 32.1. The maximum Gasteiger partial charge on any atom is 0.267 e. The molecule has 23 heavy (non-hydrogen) atoms. The maximum absolute atomic E-state index is 12.3. The van der Waals surface area contributed by atoms with Gasteiger partial charge in [-0.15, -0.1) is 11.3 Å². The molecule has 1 aromatic heterocycles. The van der Waals surface area contributed by atoms with Gasteiger partial charge in [-0.05, 0) is 30.5 Å². The van der Waals surface area contributed by atoms with E-state index in [1.54, 1.807) is 23.2 Å². The fourth-order valence-electron chi connectivity index (χ4n) is 2.49. The number of nitrogens with one attached hydrogen (secondary N) is 1. The number of amides is 2. The minimum Gasteiger partial charge on any atom is -0.479 e. The van der Waals surface area contributed by atoms with Gasteiger partial charge < -0.3 is 15.0 Å². The second kappa shape index (κ2) is 6.83. The number of benzene rings is 1. The van der Waals surface area contributed by atoms with Crippen LogP contribution in [0.4, 0.5) is 5.69 Å². The van der Waals surface area contributed by atoms with Crippen molar-refractivity contribution in [3.8, 4) is 5.75 Å². The molecule has 0 fully saturated rings. The fraction of sp³-hybridized carbons (Fsp3) is 0.294. The lowest BCUT2D eigenvalue weighted by molar-refractivity contribution is -0.125. The topological polar surface area (TPSA) is 58.6 Å². The average molecular weight is 330 g/mol. The molecule has 2 heterocycles. The van der Waals surface area contributed by atoms with Crippen LogP contribution in [-0.2, 0) is 16.1 Å². The molecule has 0 bridgehead atoms. The second-order valence-corrected chi connectivity index (χ2v) is 6.36. The van der Waals surface area contributed by atoms with E-state index in [0.29, 0.717) is 18.8 Å². The molecular formula is C17H18N2O3S. The molecule has 0 unspecified atom stereocenters. The highest BCUT2D eigenvalue weighted by Crippen LogP contribution is 2.33. The van der Waals surface area contributed by atoms with Crippen molar-refractivity contribution in [2.24, 2.45) is 0 Å². The van der Waals surface area contributed by atoms with Crippen LogP contribution in [0.15, 0.2) is 41.8 Å². The number of anilines is 1. The molecule has 120 valence electrons. The Hall–Kier alpha value is -2.34. The number of hydrogen-bond acceptors (Lipinski definition) is 4. The molecule has 5 nitrogen and oxygen atoms in total. The van der Waals surface area contributed by atoms with E-state index < -0.39 is 6.10 Å². The van der Waals surface area contributed by atoms with E-state index in [0.717, 1.165) is 10.6 Å². The van der Waals surface area contributed by atoms with Gasteiger partial charge in [0.25, 0.3) is 5.91 Å². The number of carbonyl (C=O) groups is 2. The van der Waals surface area contributed by atoms with Crippen molar-refractivity contribution >= 4 is 28.8 Å². The Morgan fingerprint density at radius 3 is 2.91 bits per heavy atom. The standard InChI is InChI=1S/C17H18N2O3S/c1-12-17(21)19(14-6-2-3-7-15(14)22-12)9-8-16(20)18-11-13-5-4-10-23-13/h2-7,10,12H,8-9,11H2,1H3,(H,18,20)/t12-/m0/s1. The average Bonchev–Trinajstić information content (AvgIpc) is 3.07. The van der Waals surface area contributed by atoms with Crippen LogP contribution in [0.25, 0.3) is 0 Å². The van der Waals surface area contributed by atoms with E-state index in [2.05, 4.69) is 5.32 Å². The molecule has 2 aromatic rings. The predicted octanol–water partition coefficient (Wildman–Crippen LogP) is 2.57. The molecule has 1 aromatic carbocycles. The quantitative estimate of drug-likeness (QED) is 0.917. The van der Waals surface area contributed by atoms with Crippen LogP contribution in [0.3, 0.4) is 0 Å². The van der Waals surface area contributed by atoms with Crippen molar-refractivity contribution in [2.75, 3.05) is 11.4 Å². The van der Waals surface area contributed by atoms with Gasteiger partial charge in [0.05, 0.1) is 12.2 Å². The van der Waals surface area contributed by atoms with Crippen LogP contribution in [0.2, 0.25) is 0 Å². The molecule has 0 spiro atoms. The smallest absolute Gasteiger partial charge is 0.267 e. The van der Waals surface area contributed by atoms with Crippen molar-refractivity contribution in [1.29, 1.82) is 0 Å². The predicted molar refractivity (Wildman–Crippen MR) is 89.7 cm³/mol. The van der Waals surface area contributed by atoms with E-state index >= 15 is 0 Å². The Balaban J connectivity index is 1.60. The monoisotopic (exact) mass is 330 g/mol. The Labute approximate surface area is 138 Å². The third kappa shape index (κ3) is 3.53. The van der Waals surface area contributed by atoms with E-state index in [1.165, 1.54) is 0 Å². The summed E-state index contributed by atoms with van der Waals surface area (Å²) in [7, 11) is 0. The van der Waals surface area contributed by atoms with Crippen molar-refractivity contribution in [1.82, 2.24) is 5.32 Å². The largest absolute Gasteiger partial charge is 0.479 e. The maximum atomic E-state index is 12.3. The molecule has 1 aliphatic heterocycles.